The van der Waals surface area contributed by atoms with Gasteiger partial charge in [-0.1, -0.05) is 116 Å². The second-order valence-electron chi connectivity index (χ2n) is 8.15. The molecule has 5 rings (SSSR count). The van der Waals surface area contributed by atoms with E-state index in [9.17, 15) is 4.79 Å². The monoisotopic (exact) mass is 496 g/mol. The van der Waals surface area contributed by atoms with Crippen LogP contribution in [-0.2, 0) is 10.3 Å². The minimum absolute atomic E-state index is 0.323. The summed E-state index contributed by atoms with van der Waals surface area (Å²) in [7, 11) is 1.35. The van der Waals surface area contributed by atoms with Gasteiger partial charge in [0.25, 0.3) is 0 Å². The number of fused-ring (bicyclic) bond motifs is 1. The van der Waals surface area contributed by atoms with E-state index in [4.69, 9.17) is 21.4 Å². The Balaban J connectivity index is 0.00000148. The van der Waals surface area contributed by atoms with E-state index in [1.54, 1.807) is 6.07 Å². The zero-order chi connectivity index (χ0) is 25.7. The highest BCUT2D eigenvalue weighted by Gasteiger charge is 2.40. The fraction of sp³-hybridized carbons (Fsp3) is 0.161. The van der Waals surface area contributed by atoms with Gasteiger partial charge in [0.05, 0.1) is 28.9 Å². The van der Waals surface area contributed by atoms with Crippen LogP contribution in [0.5, 0.6) is 0 Å². The molecule has 0 bridgehead atoms. The van der Waals surface area contributed by atoms with Crippen LogP contribution in [0.25, 0.3) is 10.9 Å². The molecule has 0 N–H and O–H groups in total. The average molecular weight is 497 g/mol. The number of hydrogen-bond donors (Lipinski definition) is 0. The highest BCUT2D eigenvalue weighted by atomic mass is 35.5. The second-order valence-corrected chi connectivity index (χ2v) is 8.55. The van der Waals surface area contributed by atoms with Crippen LogP contribution in [0.3, 0.4) is 0 Å². The number of nitrogens with zero attached hydrogens (tertiary/aromatic N) is 2. The fourth-order valence-corrected chi connectivity index (χ4v) is 4.95. The molecule has 0 saturated heterocycles. The Bertz CT molecular complexity index is 1370. The van der Waals surface area contributed by atoms with Crippen molar-refractivity contribution < 1.29 is 9.53 Å². The summed E-state index contributed by atoms with van der Waals surface area (Å²) in [5, 5.41) is 6.23. The maximum absolute atomic E-state index is 12.3. The Labute approximate surface area is 217 Å². The first kappa shape index (κ1) is 25.2. The Hall–Kier alpha value is -3.89. The molecule has 4 nitrogen and oxygen atoms in total. The number of carbonyl (C=O) groups is 1. The second kappa shape index (κ2) is 10.8. The van der Waals surface area contributed by atoms with Gasteiger partial charge >= 0.3 is 5.97 Å². The van der Waals surface area contributed by atoms with Gasteiger partial charge in [-0.2, -0.15) is 5.10 Å². The van der Waals surface area contributed by atoms with Crippen LogP contribution in [0.15, 0.2) is 103 Å². The van der Waals surface area contributed by atoms with Crippen molar-refractivity contribution in [3.05, 3.63) is 136 Å². The minimum atomic E-state index is -0.771. The molecule has 0 unspecified atom stereocenters. The molecule has 0 aliphatic heterocycles. The maximum atomic E-state index is 12.3. The fourth-order valence-electron chi connectivity index (χ4n) is 4.71. The molecule has 1 heterocycles. The molecule has 5 aromatic rings. The van der Waals surface area contributed by atoms with Gasteiger partial charge in [-0.3, -0.25) is 0 Å². The number of ether oxygens (including phenoxy) is 1. The Morgan fingerprint density at radius 3 is 1.67 bits per heavy atom. The lowest BCUT2D eigenvalue weighted by atomic mass is 9.77. The first-order chi connectivity index (χ1) is 17.6. The smallest absolute Gasteiger partial charge is 0.339 e. The van der Waals surface area contributed by atoms with Crippen LogP contribution >= 0.6 is 11.6 Å². The van der Waals surface area contributed by atoms with Crippen LogP contribution in [0.1, 0.15) is 46.6 Å². The van der Waals surface area contributed by atoms with Crippen LogP contribution in [0, 0.1) is 6.92 Å². The van der Waals surface area contributed by atoms with Gasteiger partial charge in [-0.15, -0.1) is 0 Å². The number of aryl methyl sites for hydroxylation is 1. The molecule has 0 spiro atoms. The molecule has 4 aromatic carbocycles. The summed E-state index contributed by atoms with van der Waals surface area (Å²) in [6.45, 7) is 5.94. The van der Waals surface area contributed by atoms with Crippen molar-refractivity contribution in [2.45, 2.75) is 26.3 Å². The third-order valence-electron chi connectivity index (χ3n) is 6.25. The summed E-state index contributed by atoms with van der Waals surface area (Å²) in [5.74, 6) is -0.473. The zero-order valence-corrected chi connectivity index (χ0v) is 21.7. The first-order valence-electron chi connectivity index (χ1n) is 12.0. The van der Waals surface area contributed by atoms with Crippen molar-refractivity contribution in [2.75, 3.05) is 7.11 Å². The van der Waals surface area contributed by atoms with Crippen molar-refractivity contribution in [2.24, 2.45) is 0 Å². The number of benzene rings is 4. The maximum Gasteiger partial charge on any atom is 0.339 e. The van der Waals surface area contributed by atoms with Gasteiger partial charge in [0.1, 0.15) is 5.54 Å². The lowest BCUT2D eigenvalue weighted by Crippen LogP contribution is -2.38. The summed E-state index contributed by atoms with van der Waals surface area (Å²) >= 11 is 6.60. The molecule has 5 heteroatoms. The number of halogens is 1. The predicted molar refractivity (Wildman–Crippen MR) is 147 cm³/mol. The van der Waals surface area contributed by atoms with Gasteiger partial charge in [-0.25, -0.2) is 9.48 Å². The first-order valence-corrected chi connectivity index (χ1v) is 12.4. The third-order valence-corrected chi connectivity index (χ3v) is 6.56. The summed E-state index contributed by atoms with van der Waals surface area (Å²) in [6, 6.07) is 34.6. The number of esters is 1. The van der Waals surface area contributed by atoms with Gasteiger partial charge < -0.3 is 4.74 Å². The molecule has 0 atom stereocenters. The van der Waals surface area contributed by atoms with Crippen LogP contribution < -0.4 is 0 Å². The lowest BCUT2D eigenvalue weighted by molar-refractivity contribution is 0.0601. The van der Waals surface area contributed by atoms with E-state index >= 15 is 0 Å². The molecular weight excluding hydrogens is 468 g/mol. The summed E-state index contributed by atoms with van der Waals surface area (Å²) in [5.41, 5.74) is 4.35. The molecule has 0 amide bonds. The van der Waals surface area contributed by atoms with Crippen LogP contribution in [-0.4, -0.2) is 22.9 Å². The van der Waals surface area contributed by atoms with Crippen molar-refractivity contribution in [3.63, 3.8) is 0 Å². The third kappa shape index (κ3) is 4.18. The summed E-state index contributed by atoms with van der Waals surface area (Å²) in [6.07, 6.45) is 0. The molecule has 0 aliphatic rings. The van der Waals surface area contributed by atoms with Gasteiger partial charge in [0.2, 0.25) is 0 Å². The SMILES string of the molecule is CC.COC(=O)c1cc2c(C)nn(C(c3ccccc3)(c3ccccc3)c3ccccc3)c2cc1Cl. The normalized spacial score (nSPS) is 11.0. The number of rotatable bonds is 5. The van der Waals surface area contributed by atoms with Gasteiger partial charge in [0.15, 0.2) is 0 Å². The number of carbonyl (C=O) groups excluding carboxylic acids is 1. The van der Waals surface area contributed by atoms with Crippen molar-refractivity contribution in [1.29, 1.82) is 0 Å². The molecular formula is C31H29ClN2O2. The molecule has 182 valence electrons. The summed E-state index contributed by atoms with van der Waals surface area (Å²) in [4.78, 5) is 12.3. The predicted octanol–water partition coefficient (Wildman–Crippen LogP) is 7.65. The molecule has 0 fully saturated rings. The Kier molecular flexibility index (Phi) is 7.56. The van der Waals surface area contributed by atoms with E-state index in [0.717, 1.165) is 33.3 Å². The molecule has 0 radical (unpaired) electrons. The molecule has 36 heavy (non-hydrogen) atoms. The number of aromatic nitrogens is 2. The highest BCUT2D eigenvalue weighted by molar-refractivity contribution is 6.34. The summed E-state index contributed by atoms with van der Waals surface area (Å²) < 4.78 is 6.97. The van der Waals surface area contributed by atoms with E-state index in [1.165, 1.54) is 7.11 Å². The van der Waals surface area contributed by atoms with E-state index in [-0.39, 0.29) is 0 Å². The molecule has 1 aromatic heterocycles. The molecule has 0 saturated carbocycles. The van der Waals surface area contributed by atoms with Gasteiger partial charge in [-0.05, 0) is 35.7 Å². The van der Waals surface area contributed by atoms with Gasteiger partial charge in [0, 0.05) is 5.39 Å². The highest BCUT2D eigenvalue weighted by Crippen LogP contribution is 2.43. The number of hydrogen-bond acceptors (Lipinski definition) is 3. The molecule has 0 aliphatic carbocycles. The Morgan fingerprint density at radius 1 is 0.806 bits per heavy atom. The minimum Gasteiger partial charge on any atom is -0.465 e. The zero-order valence-electron chi connectivity index (χ0n) is 20.9. The van der Waals surface area contributed by atoms with Crippen molar-refractivity contribution >= 4 is 28.5 Å². The lowest BCUT2D eigenvalue weighted by Gasteiger charge is -2.37. The van der Waals surface area contributed by atoms with Crippen molar-refractivity contribution in [1.82, 2.24) is 9.78 Å². The topological polar surface area (TPSA) is 44.1 Å². The average Bonchev–Trinajstić information content (AvgIpc) is 3.26. The van der Waals surface area contributed by atoms with E-state index in [2.05, 4.69) is 36.4 Å². The number of methoxy groups -OCH3 is 1. The van der Waals surface area contributed by atoms with Crippen LogP contribution in [0.2, 0.25) is 5.02 Å². The van der Waals surface area contributed by atoms with E-state index in [0.29, 0.717) is 10.6 Å². The standard InChI is InChI=1S/C29H23ClN2O2.C2H6/c1-20-24-18-25(28(33)34-2)26(30)19-27(24)32(31-20)29(21-12-6-3-7-13-21,22-14-8-4-9-15-22)23-16-10-5-11-17-23;1-2/h3-19H,1-2H3;1-2H3. The Morgan fingerprint density at radius 2 is 1.25 bits per heavy atom. The van der Waals surface area contributed by atoms with Crippen LogP contribution in [0.4, 0.5) is 0 Å². The van der Waals surface area contributed by atoms with E-state index in [1.807, 2.05) is 86.1 Å². The largest absolute Gasteiger partial charge is 0.465 e. The van der Waals surface area contributed by atoms with E-state index < -0.39 is 11.5 Å². The van der Waals surface area contributed by atoms with Crippen molar-refractivity contribution in [3.8, 4) is 0 Å². The quantitative estimate of drug-likeness (QED) is 0.185.